The lowest BCUT2D eigenvalue weighted by Gasteiger charge is -2.05. The Morgan fingerprint density at radius 1 is 1.21 bits per heavy atom. The zero-order chi connectivity index (χ0) is 22.4. The van der Waals surface area contributed by atoms with E-state index >= 15 is 0 Å². The molecule has 0 aliphatic rings. The summed E-state index contributed by atoms with van der Waals surface area (Å²) < 4.78 is 1.49. The molecule has 0 amide bonds. The predicted molar refractivity (Wildman–Crippen MR) is 115 cm³/mol. The van der Waals surface area contributed by atoms with E-state index in [4.69, 9.17) is 5.11 Å². The number of rotatable bonds is 4. The number of nitrogens with zero attached hydrogens (tertiary/aromatic N) is 2. The first-order valence-corrected chi connectivity index (χ1v) is 9.66. The largest absolute Gasteiger partial charge is 0.481 e. The third kappa shape index (κ3) is 8.33. The Morgan fingerprint density at radius 3 is 2.14 bits per heavy atom. The second-order valence-corrected chi connectivity index (χ2v) is 5.72. The third-order valence-corrected chi connectivity index (χ3v) is 3.74. The molecule has 0 radical (unpaired) electrons. The molecule has 158 valence electrons. The first kappa shape index (κ1) is 27.5. The number of benzene rings is 1. The molecule has 1 N–H and O–H groups in total. The second-order valence-electron chi connectivity index (χ2n) is 5.72. The SMILES string of the molecule is CC.CC.CCCC(C)C(=O)O.Cc1cc2cc([N+](=O)[O-])ccc2n(C)c1=O. The summed E-state index contributed by atoms with van der Waals surface area (Å²) in [5, 5.41) is 19.6. The molecule has 28 heavy (non-hydrogen) atoms. The number of carboxylic acid groups (broad SMARTS) is 1. The number of pyridine rings is 1. The first-order valence-electron chi connectivity index (χ1n) is 9.66. The number of aliphatic carboxylic acids is 1. The quantitative estimate of drug-likeness (QED) is 0.559. The minimum atomic E-state index is -0.688. The van der Waals surface area contributed by atoms with E-state index in [2.05, 4.69) is 0 Å². The molecule has 1 unspecified atom stereocenters. The lowest BCUT2D eigenvalue weighted by atomic mass is 10.1. The molecule has 0 fully saturated rings. The molecule has 2 aromatic rings. The van der Waals surface area contributed by atoms with Crippen molar-refractivity contribution < 1.29 is 14.8 Å². The second kappa shape index (κ2) is 14.4. The summed E-state index contributed by atoms with van der Waals surface area (Å²) in [6, 6.07) is 6.14. The smallest absolute Gasteiger partial charge is 0.306 e. The highest BCUT2D eigenvalue weighted by atomic mass is 16.6. The van der Waals surface area contributed by atoms with Crippen LogP contribution in [0.25, 0.3) is 10.9 Å². The molecule has 1 heterocycles. The number of carbonyl (C=O) groups is 1. The predicted octanol–water partition coefficient (Wildman–Crippen LogP) is 5.31. The van der Waals surface area contributed by atoms with Gasteiger partial charge in [-0.3, -0.25) is 19.7 Å². The van der Waals surface area contributed by atoms with Crippen LogP contribution in [0.3, 0.4) is 0 Å². The zero-order valence-corrected chi connectivity index (χ0v) is 18.3. The molecule has 0 spiro atoms. The van der Waals surface area contributed by atoms with E-state index in [1.165, 1.54) is 16.7 Å². The Kier molecular flexibility index (Phi) is 14.1. The molecule has 0 aliphatic heterocycles. The van der Waals surface area contributed by atoms with E-state index in [-0.39, 0.29) is 17.2 Å². The van der Waals surface area contributed by atoms with Gasteiger partial charge in [-0.2, -0.15) is 0 Å². The zero-order valence-electron chi connectivity index (χ0n) is 18.3. The van der Waals surface area contributed by atoms with E-state index in [0.29, 0.717) is 16.5 Å². The maximum absolute atomic E-state index is 11.6. The summed E-state index contributed by atoms with van der Waals surface area (Å²) in [5.41, 5.74) is 1.23. The first-order chi connectivity index (χ1) is 13.2. The van der Waals surface area contributed by atoms with Gasteiger partial charge in [-0.05, 0) is 25.5 Å². The van der Waals surface area contributed by atoms with Crippen LogP contribution < -0.4 is 5.56 Å². The Hall–Kier alpha value is -2.70. The van der Waals surface area contributed by atoms with Crippen molar-refractivity contribution in [3.8, 4) is 0 Å². The van der Waals surface area contributed by atoms with Gasteiger partial charge in [-0.15, -0.1) is 0 Å². The standard InChI is InChI=1S/C11H10N2O3.C6H12O2.2C2H6/c1-7-5-8-6-9(13(15)16)3-4-10(8)12(2)11(7)14;1-3-4-5(2)6(7)8;2*1-2/h3-6H,1-2H3;5H,3-4H2,1-2H3,(H,7,8);2*1-2H3. The lowest BCUT2D eigenvalue weighted by Crippen LogP contribution is -2.19. The Balaban J connectivity index is 0. The van der Waals surface area contributed by atoms with Crippen LogP contribution in [0, 0.1) is 23.0 Å². The summed E-state index contributed by atoms with van der Waals surface area (Å²) in [5.74, 6) is -0.855. The van der Waals surface area contributed by atoms with Gasteiger partial charge in [0.15, 0.2) is 0 Å². The highest BCUT2D eigenvalue weighted by molar-refractivity contribution is 5.82. The van der Waals surface area contributed by atoms with Gasteiger partial charge in [0, 0.05) is 30.1 Å². The fourth-order valence-electron chi connectivity index (χ4n) is 2.30. The summed E-state index contributed by atoms with van der Waals surface area (Å²) in [6.07, 6.45) is 1.74. The molecule has 7 heteroatoms. The van der Waals surface area contributed by atoms with Crippen molar-refractivity contribution in [2.45, 2.75) is 61.3 Å². The lowest BCUT2D eigenvalue weighted by molar-refractivity contribution is -0.384. The van der Waals surface area contributed by atoms with Gasteiger partial charge in [0.05, 0.1) is 16.4 Å². The number of aryl methyl sites for hydroxylation is 2. The van der Waals surface area contributed by atoms with Crippen LogP contribution in [-0.2, 0) is 11.8 Å². The average Bonchev–Trinajstić information content (AvgIpc) is 2.69. The van der Waals surface area contributed by atoms with Crippen molar-refractivity contribution in [1.82, 2.24) is 4.57 Å². The molecule has 1 atom stereocenters. The van der Waals surface area contributed by atoms with Crippen molar-refractivity contribution in [3.05, 3.63) is 50.3 Å². The van der Waals surface area contributed by atoms with Crippen molar-refractivity contribution >= 4 is 22.6 Å². The van der Waals surface area contributed by atoms with E-state index in [0.717, 1.165) is 12.8 Å². The minimum Gasteiger partial charge on any atom is -0.481 e. The molecule has 0 bridgehead atoms. The van der Waals surface area contributed by atoms with Gasteiger partial charge < -0.3 is 9.67 Å². The van der Waals surface area contributed by atoms with Gasteiger partial charge in [-0.25, -0.2) is 0 Å². The van der Waals surface area contributed by atoms with Gasteiger partial charge in [0.2, 0.25) is 0 Å². The number of non-ortho nitro benzene ring substituents is 1. The maximum atomic E-state index is 11.6. The molecule has 7 nitrogen and oxygen atoms in total. The maximum Gasteiger partial charge on any atom is 0.306 e. The fourth-order valence-corrected chi connectivity index (χ4v) is 2.30. The molecular formula is C21H34N2O5. The van der Waals surface area contributed by atoms with E-state index in [9.17, 15) is 19.7 Å². The number of hydrogen-bond acceptors (Lipinski definition) is 4. The van der Waals surface area contributed by atoms with E-state index in [1.54, 1.807) is 33.0 Å². The summed E-state index contributed by atoms with van der Waals surface area (Å²) in [4.78, 5) is 31.9. The van der Waals surface area contributed by atoms with Gasteiger partial charge in [0.1, 0.15) is 0 Å². The fraction of sp³-hybridized carbons (Fsp3) is 0.524. The van der Waals surface area contributed by atoms with Crippen molar-refractivity contribution in [1.29, 1.82) is 0 Å². The molecule has 0 aliphatic carbocycles. The normalized spacial score (nSPS) is 10.3. The van der Waals surface area contributed by atoms with Crippen LogP contribution in [0.2, 0.25) is 0 Å². The monoisotopic (exact) mass is 394 g/mol. The van der Waals surface area contributed by atoms with Crippen LogP contribution >= 0.6 is 0 Å². The van der Waals surface area contributed by atoms with Crippen LogP contribution in [0.4, 0.5) is 5.69 Å². The summed E-state index contributed by atoms with van der Waals surface area (Å²) in [7, 11) is 1.66. The van der Waals surface area contributed by atoms with Crippen molar-refractivity contribution in [3.63, 3.8) is 0 Å². The summed E-state index contributed by atoms with van der Waals surface area (Å²) >= 11 is 0. The highest BCUT2D eigenvalue weighted by Crippen LogP contribution is 2.19. The number of hydrogen-bond donors (Lipinski definition) is 1. The molecule has 2 rings (SSSR count). The van der Waals surface area contributed by atoms with Gasteiger partial charge in [0.25, 0.3) is 11.2 Å². The van der Waals surface area contributed by atoms with Gasteiger partial charge in [-0.1, -0.05) is 48.0 Å². The molecule has 1 aromatic carbocycles. The van der Waals surface area contributed by atoms with Crippen molar-refractivity contribution in [2.75, 3.05) is 0 Å². The topological polar surface area (TPSA) is 102 Å². The average molecular weight is 395 g/mol. The van der Waals surface area contributed by atoms with Crippen LogP contribution in [-0.4, -0.2) is 20.6 Å². The van der Waals surface area contributed by atoms with Crippen LogP contribution in [0.1, 0.15) is 59.9 Å². The number of nitro groups is 1. The van der Waals surface area contributed by atoms with Crippen LogP contribution in [0.5, 0.6) is 0 Å². The number of nitro benzene ring substituents is 1. The number of aromatic nitrogens is 1. The Labute approximate surface area is 167 Å². The Bertz CT molecular complexity index is 812. The van der Waals surface area contributed by atoms with Crippen molar-refractivity contribution in [2.24, 2.45) is 13.0 Å². The molecule has 1 aromatic heterocycles. The molecule has 0 saturated heterocycles. The number of fused-ring (bicyclic) bond motifs is 1. The number of carboxylic acids is 1. The molecular weight excluding hydrogens is 360 g/mol. The minimum absolute atomic E-state index is 0.0329. The molecule has 0 saturated carbocycles. The van der Waals surface area contributed by atoms with E-state index < -0.39 is 10.9 Å². The Morgan fingerprint density at radius 2 is 1.75 bits per heavy atom. The van der Waals surface area contributed by atoms with Gasteiger partial charge >= 0.3 is 5.97 Å². The van der Waals surface area contributed by atoms with Crippen LogP contribution in [0.15, 0.2) is 29.1 Å². The summed E-state index contributed by atoms with van der Waals surface area (Å²) in [6.45, 7) is 13.4. The highest BCUT2D eigenvalue weighted by Gasteiger charge is 2.09. The third-order valence-electron chi connectivity index (χ3n) is 3.74. The van der Waals surface area contributed by atoms with E-state index in [1.807, 2.05) is 34.6 Å².